The molecule has 0 aromatic carbocycles. The van der Waals surface area contributed by atoms with E-state index in [1.165, 1.54) is 0 Å². The average molecular weight is 412 g/mol. The number of carbonyl (C=O) groups excluding carboxylic acids is 1. The molecule has 5 rings (SSSR count). The van der Waals surface area contributed by atoms with Crippen LogP contribution < -0.4 is 4.90 Å². The molecule has 3 saturated heterocycles. The van der Waals surface area contributed by atoms with E-state index in [9.17, 15) is 4.79 Å². The van der Waals surface area contributed by atoms with E-state index in [1.54, 1.807) is 6.33 Å². The van der Waals surface area contributed by atoms with Gasteiger partial charge in [-0.2, -0.15) is 5.10 Å². The number of likely N-dealkylation sites (tertiary alicyclic amines) is 1. The van der Waals surface area contributed by atoms with Crippen molar-refractivity contribution >= 4 is 11.7 Å². The summed E-state index contributed by atoms with van der Waals surface area (Å²) in [4.78, 5) is 27.7. The number of rotatable bonds is 5. The largest absolute Gasteiger partial charge is 0.370 e. The lowest BCUT2D eigenvalue weighted by Crippen LogP contribution is -2.45. The maximum atomic E-state index is 11.9. The highest BCUT2D eigenvalue weighted by atomic mass is 16.5. The molecule has 9 nitrogen and oxygen atoms in total. The van der Waals surface area contributed by atoms with Gasteiger partial charge in [0.05, 0.1) is 12.3 Å². The SMILES string of the molecule is Cc1cc(C)n(-c2cc(N3CC4CN(CCN5CCOCC5=O)CC4C3)ncn2)n1. The number of aromatic nitrogens is 4. The van der Waals surface area contributed by atoms with Crippen LogP contribution in [0.2, 0.25) is 0 Å². The summed E-state index contributed by atoms with van der Waals surface area (Å²) in [5, 5.41) is 4.55. The van der Waals surface area contributed by atoms with Gasteiger partial charge in [0, 0.05) is 57.6 Å². The second kappa shape index (κ2) is 7.96. The van der Waals surface area contributed by atoms with E-state index < -0.39 is 0 Å². The lowest BCUT2D eigenvalue weighted by Gasteiger charge is -2.29. The first-order valence-corrected chi connectivity index (χ1v) is 10.8. The Hall–Kier alpha value is -2.52. The zero-order valence-electron chi connectivity index (χ0n) is 17.7. The van der Waals surface area contributed by atoms with E-state index >= 15 is 0 Å². The number of amides is 1. The predicted molar refractivity (Wildman–Crippen MR) is 112 cm³/mol. The number of nitrogens with zero attached hydrogens (tertiary/aromatic N) is 7. The Labute approximate surface area is 176 Å². The van der Waals surface area contributed by atoms with Crippen molar-refractivity contribution in [3.63, 3.8) is 0 Å². The highest BCUT2D eigenvalue weighted by molar-refractivity contribution is 5.77. The minimum atomic E-state index is 0.119. The van der Waals surface area contributed by atoms with Gasteiger partial charge in [-0.3, -0.25) is 4.79 Å². The predicted octanol–water partition coefficient (Wildman–Crippen LogP) is 0.506. The fourth-order valence-electron chi connectivity index (χ4n) is 5.00. The molecule has 1 amide bonds. The maximum Gasteiger partial charge on any atom is 0.248 e. The van der Waals surface area contributed by atoms with Crippen molar-refractivity contribution in [3.05, 3.63) is 29.8 Å². The number of morpholine rings is 1. The minimum absolute atomic E-state index is 0.119. The molecule has 9 heteroatoms. The van der Waals surface area contributed by atoms with Crippen LogP contribution >= 0.6 is 0 Å². The molecule has 30 heavy (non-hydrogen) atoms. The molecule has 2 aromatic heterocycles. The van der Waals surface area contributed by atoms with Crippen molar-refractivity contribution < 1.29 is 9.53 Å². The van der Waals surface area contributed by atoms with Gasteiger partial charge in [-0.25, -0.2) is 14.6 Å². The van der Waals surface area contributed by atoms with Gasteiger partial charge < -0.3 is 19.4 Å². The van der Waals surface area contributed by atoms with Gasteiger partial charge in [-0.15, -0.1) is 0 Å². The first-order chi connectivity index (χ1) is 14.6. The fourth-order valence-corrected chi connectivity index (χ4v) is 5.00. The van der Waals surface area contributed by atoms with Crippen LogP contribution in [0.4, 0.5) is 5.82 Å². The zero-order chi connectivity index (χ0) is 20.7. The first kappa shape index (κ1) is 19.4. The highest BCUT2D eigenvalue weighted by Crippen LogP contribution is 2.33. The summed E-state index contributed by atoms with van der Waals surface area (Å²) in [5.41, 5.74) is 2.06. The lowest BCUT2D eigenvalue weighted by molar-refractivity contribution is -0.142. The minimum Gasteiger partial charge on any atom is -0.370 e. The number of fused-ring (bicyclic) bond motifs is 1. The summed E-state index contributed by atoms with van der Waals surface area (Å²) in [6.45, 7) is 11.6. The molecule has 0 N–H and O–H groups in total. The summed E-state index contributed by atoms with van der Waals surface area (Å²) in [6, 6.07) is 4.10. The Kier molecular flexibility index (Phi) is 5.16. The van der Waals surface area contributed by atoms with Crippen LogP contribution in [0, 0.1) is 25.7 Å². The molecule has 3 aliphatic heterocycles. The summed E-state index contributed by atoms with van der Waals surface area (Å²) >= 11 is 0. The third-order valence-electron chi connectivity index (χ3n) is 6.52. The number of hydrogen-bond donors (Lipinski definition) is 0. The van der Waals surface area contributed by atoms with Crippen molar-refractivity contribution in [1.29, 1.82) is 0 Å². The van der Waals surface area contributed by atoms with Crippen molar-refractivity contribution in [1.82, 2.24) is 29.5 Å². The third kappa shape index (κ3) is 3.79. The van der Waals surface area contributed by atoms with Crippen molar-refractivity contribution in [2.75, 3.05) is 63.9 Å². The quantitative estimate of drug-likeness (QED) is 0.709. The van der Waals surface area contributed by atoms with E-state index in [2.05, 4.69) is 30.9 Å². The normalized spacial score (nSPS) is 24.7. The number of hydrogen-bond acceptors (Lipinski definition) is 7. The van der Waals surface area contributed by atoms with Crippen LogP contribution in [-0.4, -0.2) is 94.5 Å². The summed E-state index contributed by atoms with van der Waals surface area (Å²) in [6.07, 6.45) is 1.64. The van der Waals surface area contributed by atoms with Gasteiger partial charge in [0.25, 0.3) is 0 Å². The number of ether oxygens (including phenoxy) is 1. The van der Waals surface area contributed by atoms with Crippen molar-refractivity contribution in [2.24, 2.45) is 11.8 Å². The Bertz CT molecular complexity index is 916. The smallest absolute Gasteiger partial charge is 0.248 e. The Morgan fingerprint density at radius 2 is 1.80 bits per heavy atom. The molecule has 3 aliphatic rings. The Morgan fingerprint density at radius 1 is 1.03 bits per heavy atom. The number of anilines is 1. The van der Waals surface area contributed by atoms with Gasteiger partial charge >= 0.3 is 0 Å². The molecular weight excluding hydrogens is 382 g/mol. The van der Waals surface area contributed by atoms with E-state index in [-0.39, 0.29) is 12.5 Å². The van der Waals surface area contributed by atoms with Gasteiger partial charge in [0.1, 0.15) is 18.8 Å². The van der Waals surface area contributed by atoms with Crippen LogP contribution in [-0.2, 0) is 9.53 Å². The van der Waals surface area contributed by atoms with Crippen LogP contribution in [0.1, 0.15) is 11.4 Å². The molecule has 2 unspecified atom stereocenters. The van der Waals surface area contributed by atoms with E-state index in [1.807, 2.05) is 29.5 Å². The molecule has 5 heterocycles. The van der Waals surface area contributed by atoms with Gasteiger partial charge in [0.2, 0.25) is 5.91 Å². The second-order valence-corrected chi connectivity index (χ2v) is 8.69. The van der Waals surface area contributed by atoms with Gasteiger partial charge in [0.15, 0.2) is 5.82 Å². The molecule has 0 bridgehead atoms. The van der Waals surface area contributed by atoms with E-state index in [4.69, 9.17) is 4.74 Å². The van der Waals surface area contributed by atoms with Gasteiger partial charge in [-0.05, 0) is 31.7 Å². The summed E-state index contributed by atoms with van der Waals surface area (Å²) in [5.74, 6) is 3.22. The summed E-state index contributed by atoms with van der Waals surface area (Å²) < 4.78 is 7.10. The second-order valence-electron chi connectivity index (χ2n) is 8.69. The molecule has 0 spiro atoms. The monoisotopic (exact) mass is 411 g/mol. The van der Waals surface area contributed by atoms with Gasteiger partial charge in [-0.1, -0.05) is 0 Å². The van der Waals surface area contributed by atoms with Crippen LogP contribution in [0.15, 0.2) is 18.5 Å². The lowest BCUT2D eigenvalue weighted by atomic mass is 10.0. The molecular formula is C21H29N7O2. The standard InChI is InChI=1S/C21H29N7O2/c1-15-7-16(2)28(24-15)20-8-19(22-14-23-20)27-11-17-9-25(10-18(17)12-27)3-4-26-5-6-30-13-21(26)29/h7-8,14,17-18H,3-6,9-13H2,1-2H3. The Balaban J connectivity index is 1.18. The van der Waals surface area contributed by atoms with E-state index in [0.717, 1.165) is 68.8 Å². The maximum absolute atomic E-state index is 11.9. The molecule has 2 atom stereocenters. The van der Waals surface area contributed by atoms with Crippen molar-refractivity contribution in [2.45, 2.75) is 13.8 Å². The fraction of sp³-hybridized carbons (Fsp3) is 0.619. The first-order valence-electron chi connectivity index (χ1n) is 10.8. The van der Waals surface area contributed by atoms with E-state index in [0.29, 0.717) is 18.4 Å². The van der Waals surface area contributed by atoms with Crippen LogP contribution in [0.5, 0.6) is 0 Å². The molecule has 0 radical (unpaired) electrons. The molecule has 3 fully saturated rings. The number of aryl methyl sites for hydroxylation is 2. The molecule has 2 aromatic rings. The van der Waals surface area contributed by atoms with Crippen LogP contribution in [0.25, 0.3) is 5.82 Å². The Morgan fingerprint density at radius 3 is 2.50 bits per heavy atom. The third-order valence-corrected chi connectivity index (χ3v) is 6.52. The number of carbonyl (C=O) groups is 1. The molecule has 0 aliphatic carbocycles. The summed E-state index contributed by atoms with van der Waals surface area (Å²) in [7, 11) is 0. The highest BCUT2D eigenvalue weighted by Gasteiger charge is 2.40. The zero-order valence-corrected chi connectivity index (χ0v) is 17.7. The topological polar surface area (TPSA) is 79.6 Å². The molecule has 0 saturated carbocycles. The average Bonchev–Trinajstić information content (AvgIpc) is 3.40. The molecule has 160 valence electrons. The van der Waals surface area contributed by atoms with Crippen LogP contribution in [0.3, 0.4) is 0 Å². The van der Waals surface area contributed by atoms with Crippen molar-refractivity contribution in [3.8, 4) is 5.82 Å².